The number of halogens is 4. The first-order valence-electron chi connectivity index (χ1n) is 13.0. The molecule has 3 amide bonds. The lowest BCUT2D eigenvalue weighted by Gasteiger charge is -2.40. The highest BCUT2D eigenvalue weighted by Gasteiger charge is 2.40. The van der Waals surface area contributed by atoms with Gasteiger partial charge in [0, 0.05) is 38.0 Å². The molecule has 2 aliphatic heterocycles. The summed E-state index contributed by atoms with van der Waals surface area (Å²) in [5.41, 5.74) is 0.140. The van der Waals surface area contributed by atoms with Gasteiger partial charge >= 0.3 is 6.03 Å². The van der Waals surface area contributed by atoms with Crippen molar-refractivity contribution >= 4 is 11.9 Å². The first kappa shape index (κ1) is 29.1. The quantitative estimate of drug-likeness (QED) is 0.398. The van der Waals surface area contributed by atoms with Gasteiger partial charge in [-0.3, -0.25) is 4.79 Å². The Hall–Kier alpha value is -3.91. The average Bonchev–Trinajstić information content (AvgIpc) is 2.93. The molecule has 212 valence electrons. The van der Waals surface area contributed by atoms with E-state index < -0.39 is 40.6 Å². The molecule has 2 aromatic carbocycles. The Morgan fingerprint density at radius 2 is 1.75 bits per heavy atom. The third-order valence-electron chi connectivity index (χ3n) is 7.95. The van der Waals surface area contributed by atoms with Gasteiger partial charge in [-0.05, 0) is 69.6 Å². The number of urea groups is 1. The van der Waals surface area contributed by atoms with Crippen molar-refractivity contribution in [2.24, 2.45) is 0 Å². The average molecular weight is 558 g/mol. The van der Waals surface area contributed by atoms with Gasteiger partial charge in [0.05, 0.1) is 23.1 Å². The normalized spacial score (nSPS) is 19.6. The van der Waals surface area contributed by atoms with Crippen molar-refractivity contribution < 1.29 is 27.2 Å². The number of hydrogen-bond donors (Lipinski definition) is 1. The first-order valence-corrected chi connectivity index (χ1v) is 13.0. The molecular formula is C29H31F4N5O2. The van der Waals surface area contributed by atoms with Gasteiger partial charge in [0.2, 0.25) is 0 Å². The van der Waals surface area contributed by atoms with Crippen molar-refractivity contribution in [3.63, 3.8) is 0 Å². The Labute approximate surface area is 230 Å². The number of carbonyl (C=O) groups excluding carboxylic acids is 2. The molecule has 0 spiro atoms. The van der Waals surface area contributed by atoms with Crippen LogP contribution in [0.5, 0.6) is 0 Å². The third kappa shape index (κ3) is 5.54. The number of allylic oxidation sites excluding steroid dienone is 1. The maximum atomic E-state index is 14.4. The summed E-state index contributed by atoms with van der Waals surface area (Å²) in [6, 6.07) is 7.59. The standard InChI is InChI=1S/C29H31F4N5O2/c1-18-25(26(37(3)28(40)36(18)2)19-5-8-22(31)24(33)15-19)27(39)35-11-4-12-38-13-9-29(17-34,10-14-38)21-7-6-20(30)16-23(21)32/h5-8,15-16,26H,4,9-14H2,1-3H3,(H,35,39)/t26-/m1/s1. The number of benzene rings is 2. The molecule has 7 nitrogen and oxygen atoms in total. The fourth-order valence-corrected chi connectivity index (χ4v) is 5.50. The van der Waals surface area contributed by atoms with Gasteiger partial charge in [-0.25, -0.2) is 22.4 Å². The van der Waals surface area contributed by atoms with Gasteiger partial charge in [0.1, 0.15) is 11.6 Å². The topological polar surface area (TPSA) is 79.7 Å². The second-order valence-corrected chi connectivity index (χ2v) is 10.3. The van der Waals surface area contributed by atoms with Crippen LogP contribution >= 0.6 is 0 Å². The van der Waals surface area contributed by atoms with Crippen LogP contribution in [0, 0.1) is 34.6 Å². The number of nitrogens with one attached hydrogen (secondary N) is 1. The van der Waals surface area contributed by atoms with Crippen molar-refractivity contribution in [3.8, 4) is 6.07 Å². The Bertz CT molecular complexity index is 1380. The van der Waals surface area contributed by atoms with Crippen LogP contribution in [0.2, 0.25) is 0 Å². The molecule has 11 heteroatoms. The molecule has 1 N–H and O–H groups in total. The van der Waals surface area contributed by atoms with Crippen molar-refractivity contribution in [1.82, 2.24) is 20.0 Å². The number of piperidine rings is 1. The molecule has 2 aliphatic rings. The van der Waals surface area contributed by atoms with E-state index in [1.165, 1.54) is 35.0 Å². The fourth-order valence-electron chi connectivity index (χ4n) is 5.50. The number of likely N-dealkylation sites (tertiary alicyclic amines) is 1. The van der Waals surface area contributed by atoms with E-state index in [0.29, 0.717) is 51.1 Å². The highest BCUT2D eigenvalue weighted by atomic mass is 19.2. The molecule has 1 atom stereocenters. The van der Waals surface area contributed by atoms with E-state index in [2.05, 4.69) is 16.3 Å². The van der Waals surface area contributed by atoms with E-state index in [4.69, 9.17) is 0 Å². The minimum Gasteiger partial charge on any atom is -0.352 e. The van der Waals surface area contributed by atoms with Gasteiger partial charge in [-0.15, -0.1) is 0 Å². The van der Waals surface area contributed by atoms with Gasteiger partial charge in [-0.1, -0.05) is 12.1 Å². The number of rotatable bonds is 7. The van der Waals surface area contributed by atoms with Crippen LogP contribution in [-0.2, 0) is 10.2 Å². The monoisotopic (exact) mass is 557 g/mol. The fraction of sp³-hybridized carbons (Fsp3) is 0.414. The van der Waals surface area contributed by atoms with Crippen LogP contribution in [0.3, 0.4) is 0 Å². The number of nitrogens with zero attached hydrogens (tertiary/aromatic N) is 4. The lowest BCUT2D eigenvalue weighted by Crippen LogP contribution is -2.48. The van der Waals surface area contributed by atoms with Crippen molar-refractivity contribution in [3.05, 3.63) is 82.1 Å². The number of nitriles is 1. The minimum absolute atomic E-state index is 0.212. The van der Waals surface area contributed by atoms with Gasteiger partial charge in [0.25, 0.3) is 5.91 Å². The van der Waals surface area contributed by atoms with E-state index >= 15 is 0 Å². The van der Waals surface area contributed by atoms with Crippen LogP contribution in [-0.4, -0.2) is 66.9 Å². The SMILES string of the molecule is CC1=C(C(=O)NCCCN2CCC(C#N)(c3ccc(F)cc3F)CC2)[C@@H](c2ccc(F)c(F)c2)N(C)C(=O)N1C. The maximum absolute atomic E-state index is 14.4. The molecule has 4 rings (SSSR count). The second-order valence-electron chi connectivity index (χ2n) is 10.3. The van der Waals surface area contributed by atoms with E-state index in [-0.39, 0.29) is 22.7 Å². The zero-order chi connectivity index (χ0) is 29.2. The molecule has 1 fully saturated rings. The molecule has 0 saturated carbocycles. The predicted octanol–water partition coefficient (Wildman–Crippen LogP) is 4.62. The van der Waals surface area contributed by atoms with Crippen molar-refractivity contribution in [2.75, 3.05) is 40.3 Å². The van der Waals surface area contributed by atoms with Crippen LogP contribution in [0.1, 0.15) is 43.4 Å². The summed E-state index contributed by atoms with van der Waals surface area (Å²) in [5.74, 6) is -3.92. The number of carbonyl (C=O) groups is 2. The zero-order valence-corrected chi connectivity index (χ0v) is 22.6. The van der Waals surface area contributed by atoms with E-state index in [9.17, 15) is 32.4 Å². The lowest BCUT2D eigenvalue weighted by molar-refractivity contribution is -0.118. The molecule has 0 unspecified atom stereocenters. The van der Waals surface area contributed by atoms with Crippen molar-refractivity contribution in [1.29, 1.82) is 5.26 Å². The number of amides is 3. The Morgan fingerprint density at radius 3 is 2.38 bits per heavy atom. The highest BCUT2D eigenvalue weighted by Crippen LogP contribution is 2.37. The molecule has 2 aromatic rings. The predicted molar refractivity (Wildman–Crippen MR) is 140 cm³/mol. The summed E-state index contributed by atoms with van der Waals surface area (Å²) in [5, 5.41) is 12.7. The highest BCUT2D eigenvalue weighted by molar-refractivity contribution is 5.98. The largest absolute Gasteiger partial charge is 0.352 e. The Morgan fingerprint density at radius 1 is 1.05 bits per heavy atom. The molecule has 1 saturated heterocycles. The van der Waals surface area contributed by atoms with Crippen LogP contribution < -0.4 is 5.32 Å². The van der Waals surface area contributed by atoms with E-state index in [1.807, 2.05) is 0 Å². The molecular weight excluding hydrogens is 526 g/mol. The summed E-state index contributed by atoms with van der Waals surface area (Å²) in [6.45, 7) is 3.65. The molecule has 0 bridgehead atoms. The molecule has 0 aromatic heterocycles. The Kier molecular flexibility index (Phi) is 8.49. The lowest BCUT2D eigenvalue weighted by atomic mass is 9.73. The summed E-state index contributed by atoms with van der Waals surface area (Å²) in [7, 11) is 3.04. The number of likely N-dealkylation sites (N-methyl/N-ethyl adjacent to an activating group) is 1. The molecule has 40 heavy (non-hydrogen) atoms. The summed E-state index contributed by atoms with van der Waals surface area (Å²) < 4.78 is 55.4. The van der Waals surface area contributed by atoms with Crippen molar-refractivity contribution in [2.45, 2.75) is 37.6 Å². The number of hydrogen-bond acceptors (Lipinski definition) is 4. The maximum Gasteiger partial charge on any atom is 0.324 e. The van der Waals surface area contributed by atoms with Crippen LogP contribution in [0.15, 0.2) is 47.7 Å². The summed E-state index contributed by atoms with van der Waals surface area (Å²) >= 11 is 0. The second kappa shape index (κ2) is 11.7. The summed E-state index contributed by atoms with van der Waals surface area (Å²) in [4.78, 5) is 30.8. The van der Waals surface area contributed by atoms with E-state index in [1.54, 1.807) is 14.0 Å². The Balaban J connectivity index is 1.37. The minimum atomic E-state index is -1.07. The van der Waals surface area contributed by atoms with Crippen LogP contribution in [0.4, 0.5) is 22.4 Å². The molecule has 0 aliphatic carbocycles. The zero-order valence-electron chi connectivity index (χ0n) is 22.6. The van der Waals surface area contributed by atoms with Gasteiger partial charge in [0.15, 0.2) is 11.6 Å². The van der Waals surface area contributed by atoms with E-state index in [0.717, 1.165) is 18.2 Å². The molecule has 2 heterocycles. The summed E-state index contributed by atoms with van der Waals surface area (Å²) in [6.07, 6.45) is 1.38. The van der Waals surface area contributed by atoms with Crippen LogP contribution in [0.25, 0.3) is 0 Å². The molecule has 0 radical (unpaired) electrons. The third-order valence-corrected chi connectivity index (χ3v) is 7.95. The smallest absolute Gasteiger partial charge is 0.324 e. The van der Waals surface area contributed by atoms with Gasteiger partial charge in [-0.2, -0.15) is 5.26 Å². The van der Waals surface area contributed by atoms with Gasteiger partial charge < -0.3 is 20.0 Å². The first-order chi connectivity index (χ1) is 19.0.